The SMILES string of the molecule is COCCOCCNCc1cccc(Br)c1O. The third-order valence-corrected chi connectivity index (χ3v) is 2.88. The zero-order valence-electron chi connectivity index (χ0n) is 9.91. The lowest BCUT2D eigenvalue weighted by atomic mass is 10.2. The number of hydrogen-bond donors (Lipinski definition) is 2. The molecule has 4 nitrogen and oxygen atoms in total. The second kappa shape index (κ2) is 8.47. The molecule has 1 rings (SSSR count). The maximum Gasteiger partial charge on any atom is 0.134 e. The predicted octanol–water partition coefficient (Wildman–Crippen LogP) is 1.91. The molecule has 0 heterocycles. The fraction of sp³-hybridized carbons (Fsp3) is 0.500. The van der Waals surface area contributed by atoms with E-state index in [-0.39, 0.29) is 0 Å². The van der Waals surface area contributed by atoms with Crippen LogP contribution in [0.4, 0.5) is 0 Å². The summed E-state index contributed by atoms with van der Waals surface area (Å²) < 4.78 is 10.9. The van der Waals surface area contributed by atoms with Gasteiger partial charge in [0.25, 0.3) is 0 Å². The van der Waals surface area contributed by atoms with Crippen molar-refractivity contribution in [3.05, 3.63) is 28.2 Å². The number of hydrogen-bond acceptors (Lipinski definition) is 4. The maximum atomic E-state index is 9.74. The Bertz CT molecular complexity index is 334. The number of phenols is 1. The lowest BCUT2D eigenvalue weighted by Crippen LogP contribution is -2.20. The first kappa shape index (κ1) is 14.4. The van der Waals surface area contributed by atoms with Crippen molar-refractivity contribution in [2.24, 2.45) is 0 Å². The molecule has 1 aromatic rings. The van der Waals surface area contributed by atoms with Crippen LogP contribution in [0.2, 0.25) is 0 Å². The van der Waals surface area contributed by atoms with E-state index in [9.17, 15) is 5.11 Å². The molecule has 5 heteroatoms. The lowest BCUT2D eigenvalue weighted by Gasteiger charge is -2.08. The van der Waals surface area contributed by atoms with Crippen LogP contribution in [0.15, 0.2) is 22.7 Å². The van der Waals surface area contributed by atoms with E-state index in [1.165, 1.54) is 0 Å². The average molecular weight is 304 g/mol. The fourth-order valence-corrected chi connectivity index (χ4v) is 1.72. The highest BCUT2D eigenvalue weighted by atomic mass is 79.9. The first-order valence-electron chi connectivity index (χ1n) is 5.49. The van der Waals surface area contributed by atoms with Crippen LogP contribution in [-0.2, 0) is 16.0 Å². The third kappa shape index (κ3) is 5.50. The number of aromatic hydroxyl groups is 1. The first-order valence-corrected chi connectivity index (χ1v) is 6.28. The average Bonchev–Trinajstić information content (AvgIpc) is 2.33. The van der Waals surface area contributed by atoms with Crippen molar-refractivity contribution in [1.29, 1.82) is 0 Å². The van der Waals surface area contributed by atoms with E-state index in [1.807, 2.05) is 18.2 Å². The Labute approximate surface area is 110 Å². The molecule has 1 aromatic carbocycles. The minimum absolute atomic E-state index is 0.292. The van der Waals surface area contributed by atoms with Gasteiger partial charge >= 0.3 is 0 Å². The van der Waals surface area contributed by atoms with E-state index in [0.717, 1.165) is 12.1 Å². The van der Waals surface area contributed by atoms with Crippen molar-refractivity contribution in [2.75, 3.05) is 33.5 Å². The molecule has 96 valence electrons. The number of phenolic OH excluding ortho intramolecular Hbond substituents is 1. The molecule has 0 spiro atoms. The summed E-state index contributed by atoms with van der Waals surface area (Å²) in [7, 11) is 1.65. The quantitative estimate of drug-likeness (QED) is 0.720. The molecule has 0 saturated carbocycles. The van der Waals surface area contributed by atoms with Gasteiger partial charge in [0.15, 0.2) is 0 Å². The fourth-order valence-electron chi connectivity index (χ4n) is 1.31. The minimum Gasteiger partial charge on any atom is -0.506 e. The number of ether oxygens (including phenoxy) is 2. The Morgan fingerprint density at radius 2 is 2.12 bits per heavy atom. The van der Waals surface area contributed by atoms with Crippen molar-refractivity contribution >= 4 is 15.9 Å². The number of para-hydroxylation sites is 1. The lowest BCUT2D eigenvalue weighted by molar-refractivity contribution is 0.0719. The minimum atomic E-state index is 0.292. The van der Waals surface area contributed by atoms with Crippen molar-refractivity contribution in [1.82, 2.24) is 5.32 Å². The van der Waals surface area contributed by atoms with Gasteiger partial charge in [0.05, 0.1) is 24.3 Å². The monoisotopic (exact) mass is 303 g/mol. The van der Waals surface area contributed by atoms with Crippen molar-refractivity contribution in [3.63, 3.8) is 0 Å². The second-order valence-electron chi connectivity index (χ2n) is 3.53. The van der Waals surface area contributed by atoms with E-state index in [1.54, 1.807) is 7.11 Å². The summed E-state index contributed by atoms with van der Waals surface area (Å²) in [5, 5.41) is 12.9. The highest BCUT2D eigenvalue weighted by Gasteiger charge is 2.03. The van der Waals surface area contributed by atoms with Crippen LogP contribution < -0.4 is 5.32 Å². The predicted molar refractivity (Wildman–Crippen MR) is 70.2 cm³/mol. The first-order chi connectivity index (χ1) is 8.25. The maximum absolute atomic E-state index is 9.74. The summed E-state index contributed by atoms with van der Waals surface area (Å²) in [6.45, 7) is 3.24. The van der Waals surface area contributed by atoms with Gasteiger partial charge in [-0.05, 0) is 22.0 Å². The molecule has 0 unspecified atom stereocenters. The van der Waals surface area contributed by atoms with Gasteiger partial charge in [-0.3, -0.25) is 0 Å². The molecule has 0 radical (unpaired) electrons. The van der Waals surface area contributed by atoms with Crippen molar-refractivity contribution < 1.29 is 14.6 Å². The Hall–Kier alpha value is -0.620. The standard InChI is InChI=1S/C12H18BrNO3/c1-16-7-8-17-6-5-14-9-10-3-2-4-11(13)12(10)15/h2-4,14-15H,5-9H2,1H3. The number of rotatable bonds is 8. The number of methoxy groups -OCH3 is 1. The van der Waals surface area contributed by atoms with Crippen LogP contribution in [0.5, 0.6) is 5.75 Å². The third-order valence-electron chi connectivity index (χ3n) is 2.24. The Kier molecular flexibility index (Phi) is 7.19. The van der Waals surface area contributed by atoms with E-state index in [0.29, 0.717) is 36.6 Å². The summed E-state index contributed by atoms with van der Waals surface area (Å²) in [5.74, 6) is 0.292. The normalized spacial score (nSPS) is 10.7. The van der Waals surface area contributed by atoms with Crippen molar-refractivity contribution in [2.45, 2.75) is 6.54 Å². The van der Waals surface area contributed by atoms with Gasteiger partial charge in [0.2, 0.25) is 0 Å². The van der Waals surface area contributed by atoms with E-state index in [2.05, 4.69) is 21.2 Å². The topological polar surface area (TPSA) is 50.7 Å². The van der Waals surface area contributed by atoms with Crippen LogP contribution in [0.1, 0.15) is 5.56 Å². The van der Waals surface area contributed by atoms with E-state index >= 15 is 0 Å². The number of nitrogens with one attached hydrogen (secondary N) is 1. The molecule has 0 aliphatic carbocycles. The molecule has 0 saturated heterocycles. The molecule has 2 N–H and O–H groups in total. The molecular weight excluding hydrogens is 286 g/mol. The van der Waals surface area contributed by atoms with Gasteiger partial charge in [-0.15, -0.1) is 0 Å². The summed E-state index contributed by atoms with van der Waals surface area (Å²) in [6.07, 6.45) is 0. The summed E-state index contributed by atoms with van der Waals surface area (Å²) >= 11 is 3.28. The van der Waals surface area contributed by atoms with Gasteiger partial charge in [0, 0.05) is 25.8 Å². The van der Waals surface area contributed by atoms with Crippen LogP contribution in [0.25, 0.3) is 0 Å². The molecule has 17 heavy (non-hydrogen) atoms. The van der Waals surface area contributed by atoms with E-state index < -0.39 is 0 Å². The van der Waals surface area contributed by atoms with Crippen LogP contribution in [0.3, 0.4) is 0 Å². The Morgan fingerprint density at radius 1 is 1.29 bits per heavy atom. The molecule has 0 fully saturated rings. The molecular formula is C12H18BrNO3. The molecule has 0 bridgehead atoms. The zero-order valence-corrected chi connectivity index (χ0v) is 11.5. The highest BCUT2D eigenvalue weighted by molar-refractivity contribution is 9.10. The molecule has 0 aromatic heterocycles. The second-order valence-corrected chi connectivity index (χ2v) is 4.38. The van der Waals surface area contributed by atoms with Crippen LogP contribution in [-0.4, -0.2) is 38.6 Å². The van der Waals surface area contributed by atoms with E-state index in [4.69, 9.17) is 9.47 Å². The Morgan fingerprint density at radius 3 is 2.88 bits per heavy atom. The zero-order chi connectivity index (χ0) is 12.5. The summed E-state index contributed by atoms with van der Waals surface area (Å²) in [5.41, 5.74) is 0.872. The molecule has 0 amide bonds. The molecule has 0 atom stereocenters. The molecule has 0 aliphatic heterocycles. The van der Waals surface area contributed by atoms with Crippen LogP contribution in [0, 0.1) is 0 Å². The van der Waals surface area contributed by atoms with Gasteiger partial charge in [-0.25, -0.2) is 0 Å². The number of benzene rings is 1. The van der Waals surface area contributed by atoms with Gasteiger partial charge in [-0.1, -0.05) is 12.1 Å². The number of halogens is 1. The van der Waals surface area contributed by atoms with Crippen LogP contribution >= 0.6 is 15.9 Å². The Balaban J connectivity index is 2.16. The van der Waals surface area contributed by atoms with Crippen molar-refractivity contribution in [3.8, 4) is 5.75 Å². The highest BCUT2D eigenvalue weighted by Crippen LogP contribution is 2.26. The molecule has 0 aliphatic rings. The summed E-state index contributed by atoms with van der Waals surface area (Å²) in [6, 6.07) is 5.60. The largest absolute Gasteiger partial charge is 0.506 e. The summed E-state index contributed by atoms with van der Waals surface area (Å²) in [4.78, 5) is 0. The van der Waals surface area contributed by atoms with Gasteiger partial charge < -0.3 is 19.9 Å². The smallest absolute Gasteiger partial charge is 0.134 e. The van der Waals surface area contributed by atoms with Gasteiger partial charge in [-0.2, -0.15) is 0 Å². The van der Waals surface area contributed by atoms with Gasteiger partial charge in [0.1, 0.15) is 5.75 Å².